The van der Waals surface area contributed by atoms with Crippen LogP contribution in [0.5, 0.6) is 0 Å². The van der Waals surface area contributed by atoms with E-state index < -0.39 is 5.60 Å². The molecule has 0 unspecified atom stereocenters. The first-order valence-corrected chi connectivity index (χ1v) is 7.87. The number of ether oxygens (including phenoxy) is 1. The van der Waals surface area contributed by atoms with Gasteiger partial charge in [0.2, 0.25) is 0 Å². The van der Waals surface area contributed by atoms with Gasteiger partial charge in [-0.25, -0.2) is 4.79 Å². The Morgan fingerprint density at radius 3 is 2.00 bits per heavy atom. The number of rotatable bonds is 1. The van der Waals surface area contributed by atoms with Crippen LogP contribution in [0.2, 0.25) is 0 Å². The van der Waals surface area contributed by atoms with Gasteiger partial charge in [-0.15, -0.1) is 0 Å². The minimum Gasteiger partial charge on any atom is -0.444 e. The zero-order valence-electron chi connectivity index (χ0n) is 14.8. The predicted molar refractivity (Wildman–Crippen MR) is 86.4 cm³/mol. The van der Waals surface area contributed by atoms with Gasteiger partial charge >= 0.3 is 6.09 Å². The quantitative estimate of drug-likeness (QED) is 0.790. The highest BCUT2D eigenvalue weighted by molar-refractivity contribution is 5.96. The van der Waals surface area contributed by atoms with E-state index >= 15 is 0 Å². The van der Waals surface area contributed by atoms with Crippen molar-refractivity contribution in [3.8, 4) is 0 Å². The third kappa shape index (κ3) is 3.83. The Hall–Kier alpha value is -2.05. The molecule has 7 heteroatoms. The van der Waals surface area contributed by atoms with Crippen LogP contribution in [0.3, 0.4) is 0 Å². The molecule has 0 aliphatic carbocycles. The molecule has 2 heterocycles. The number of hydrogen-bond donors (Lipinski definition) is 0. The van der Waals surface area contributed by atoms with Crippen molar-refractivity contribution in [1.29, 1.82) is 0 Å². The molecule has 1 aliphatic rings. The summed E-state index contributed by atoms with van der Waals surface area (Å²) in [6, 6.07) is 0. The maximum Gasteiger partial charge on any atom is 0.410 e. The normalized spacial score (nSPS) is 15.7. The number of hydrogen-bond acceptors (Lipinski definition) is 4. The van der Waals surface area contributed by atoms with Gasteiger partial charge in [-0.2, -0.15) is 5.10 Å². The molecular formula is C16H26N4O3. The van der Waals surface area contributed by atoms with Crippen LogP contribution in [0.4, 0.5) is 4.79 Å². The number of carbonyl (C=O) groups is 2. The van der Waals surface area contributed by atoms with Crippen molar-refractivity contribution in [2.45, 2.75) is 40.2 Å². The summed E-state index contributed by atoms with van der Waals surface area (Å²) < 4.78 is 7.09. The molecular weight excluding hydrogens is 296 g/mol. The number of nitrogens with zero attached hydrogens (tertiary/aromatic N) is 4. The van der Waals surface area contributed by atoms with Gasteiger partial charge in [-0.3, -0.25) is 9.48 Å². The van der Waals surface area contributed by atoms with Crippen molar-refractivity contribution in [2.75, 3.05) is 26.2 Å². The lowest BCUT2D eigenvalue weighted by molar-refractivity contribution is 0.0140. The van der Waals surface area contributed by atoms with Gasteiger partial charge in [0.25, 0.3) is 5.91 Å². The standard InChI is InChI=1S/C16H26N4O3/c1-11-13(12(2)18(6)17-11)14(21)19-7-9-20(10-8-19)15(22)23-16(3,4)5/h7-10H2,1-6H3. The lowest BCUT2D eigenvalue weighted by Crippen LogP contribution is -2.51. The monoisotopic (exact) mass is 322 g/mol. The van der Waals surface area contributed by atoms with Crippen LogP contribution in [0, 0.1) is 13.8 Å². The van der Waals surface area contributed by atoms with Crippen molar-refractivity contribution in [3.63, 3.8) is 0 Å². The molecule has 2 rings (SSSR count). The summed E-state index contributed by atoms with van der Waals surface area (Å²) >= 11 is 0. The van der Waals surface area contributed by atoms with Crippen LogP contribution in [-0.4, -0.2) is 63.4 Å². The van der Waals surface area contributed by atoms with E-state index in [1.165, 1.54) is 0 Å². The van der Waals surface area contributed by atoms with Crippen molar-refractivity contribution >= 4 is 12.0 Å². The number of aromatic nitrogens is 2. The molecule has 0 aromatic carbocycles. The van der Waals surface area contributed by atoms with Gasteiger partial charge in [0.1, 0.15) is 5.60 Å². The number of piperazine rings is 1. The summed E-state index contributed by atoms with van der Waals surface area (Å²) in [5, 5.41) is 4.29. The molecule has 1 fully saturated rings. The molecule has 0 N–H and O–H groups in total. The zero-order chi connectivity index (χ0) is 17.4. The Labute approximate surface area is 137 Å². The molecule has 1 aromatic rings. The second kappa shape index (κ2) is 6.22. The second-order valence-electron chi connectivity index (χ2n) is 6.93. The van der Waals surface area contributed by atoms with Crippen molar-refractivity contribution in [2.24, 2.45) is 7.05 Å². The van der Waals surface area contributed by atoms with E-state index in [0.29, 0.717) is 31.7 Å². The second-order valence-corrected chi connectivity index (χ2v) is 6.93. The molecule has 23 heavy (non-hydrogen) atoms. The average molecular weight is 322 g/mol. The summed E-state index contributed by atoms with van der Waals surface area (Å²) in [5.74, 6) is -0.0167. The molecule has 1 saturated heterocycles. The van der Waals surface area contributed by atoms with E-state index in [0.717, 1.165) is 11.4 Å². The Morgan fingerprint density at radius 2 is 1.57 bits per heavy atom. The van der Waals surface area contributed by atoms with Gasteiger partial charge in [0, 0.05) is 38.9 Å². The first-order chi connectivity index (χ1) is 10.6. The number of amides is 2. The van der Waals surface area contributed by atoms with E-state index in [1.54, 1.807) is 14.5 Å². The Bertz CT molecular complexity index is 608. The SMILES string of the molecule is Cc1nn(C)c(C)c1C(=O)N1CCN(C(=O)OC(C)(C)C)CC1. The summed E-state index contributed by atoms with van der Waals surface area (Å²) in [5.41, 5.74) is 1.76. The Kier molecular flexibility index (Phi) is 4.68. The maximum absolute atomic E-state index is 12.7. The molecule has 1 aliphatic heterocycles. The van der Waals surface area contributed by atoms with Gasteiger partial charge in [0.05, 0.1) is 11.3 Å². The molecule has 0 bridgehead atoms. The third-order valence-corrected chi connectivity index (χ3v) is 3.94. The summed E-state index contributed by atoms with van der Waals surface area (Å²) in [6.07, 6.45) is -0.321. The van der Waals surface area contributed by atoms with Crippen LogP contribution in [-0.2, 0) is 11.8 Å². The molecule has 0 spiro atoms. The van der Waals surface area contributed by atoms with Crippen LogP contribution in [0.1, 0.15) is 42.5 Å². The van der Waals surface area contributed by atoms with Crippen LogP contribution in [0.15, 0.2) is 0 Å². The van der Waals surface area contributed by atoms with E-state index in [1.807, 2.05) is 41.7 Å². The minimum absolute atomic E-state index is 0.0167. The molecule has 1 aromatic heterocycles. The highest BCUT2D eigenvalue weighted by atomic mass is 16.6. The zero-order valence-corrected chi connectivity index (χ0v) is 14.8. The smallest absolute Gasteiger partial charge is 0.410 e. The molecule has 0 saturated carbocycles. The summed E-state index contributed by atoms with van der Waals surface area (Å²) in [7, 11) is 1.83. The average Bonchev–Trinajstić information content (AvgIpc) is 2.70. The van der Waals surface area contributed by atoms with Crippen molar-refractivity contribution in [1.82, 2.24) is 19.6 Å². The maximum atomic E-state index is 12.7. The lowest BCUT2D eigenvalue weighted by atomic mass is 10.1. The first kappa shape index (κ1) is 17.3. The summed E-state index contributed by atoms with van der Waals surface area (Å²) in [6.45, 7) is 11.3. The van der Waals surface area contributed by atoms with E-state index in [-0.39, 0.29) is 12.0 Å². The lowest BCUT2D eigenvalue weighted by Gasteiger charge is -2.35. The van der Waals surface area contributed by atoms with Gasteiger partial charge in [-0.05, 0) is 34.6 Å². The molecule has 2 amide bonds. The number of carbonyl (C=O) groups excluding carboxylic acids is 2. The first-order valence-electron chi connectivity index (χ1n) is 7.87. The van der Waals surface area contributed by atoms with Crippen molar-refractivity contribution in [3.05, 3.63) is 17.0 Å². The Balaban J connectivity index is 1.99. The highest BCUT2D eigenvalue weighted by Crippen LogP contribution is 2.17. The molecule has 0 radical (unpaired) electrons. The van der Waals surface area contributed by atoms with Gasteiger partial charge in [-0.1, -0.05) is 0 Å². The number of aryl methyl sites for hydroxylation is 2. The fourth-order valence-corrected chi connectivity index (χ4v) is 2.66. The summed E-state index contributed by atoms with van der Waals surface area (Å²) in [4.78, 5) is 28.2. The molecule has 7 nitrogen and oxygen atoms in total. The van der Waals surface area contributed by atoms with Gasteiger partial charge in [0.15, 0.2) is 0 Å². The van der Waals surface area contributed by atoms with Crippen LogP contribution >= 0.6 is 0 Å². The third-order valence-electron chi connectivity index (χ3n) is 3.94. The van der Waals surface area contributed by atoms with Crippen LogP contribution in [0.25, 0.3) is 0 Å². The molecule has 128 valence electrons. The fraction of sp³-hybridized carbons (Fsp3) is 0.688. The topological polar surface area (TPSA) is 67.7 Å². The van der Waals surface area contributed by atoms with Gasteiger partial charge < -0.3 is 14.5 Å². The largest absolute Gasteiger partial charge is 0.444 e. The Morgan fingerprint density at radius 1 is 1.04 bits per heavy atom. The van der Waals surface area contributed by atoms with E-state index in [2.05, 4.69) is 5.10 Å². The highest BCUT2D eigenvalue weighted by Gasteiger charge is 2.30. The van der Waals surface area contributed by atoms with E-state index in [4.69, 9.17) is 4.74 Å². The van der Waals surface area contributed by atoms with Crippen LogP contribution < -0.4 is 0 Å². The van der Waals surface area contributed by atoms with Crippen molar-refractivity contribution < 1.29 is 14.3 Å². The fourth-order valence-electron chi connectivity index (χ4n) is 2.66. The minimum atomic E-state index is -0.506. The predicted octanol–water partition coefficient (Wildman–Crippen LogP) is 1.73. The van der Waals surface area contributed by atoms with E-state index in [9.17, 15) is 9.59 Å². The molecule has 0 atom stereocenters.